The molecule has 84 valence electrons. The van der Waals surface area contributed by atoms with Crippen LogP contribution in [0.4, 0.5) is 8.78 Å². The number of para-hydroxylation sites is 1. The maximum Gasteiger partial charge on any atom is 0.272 e. The van der Waals surface area contributed by atoms with Gasteiger partial charge in [0.1, 0.15) is 6.61 Å². The Morgan fingerprint density at radius 1 is 1.40 bits per heavy atom. The summed E-state index contributed by atoms with van der Waals surface area (Å²) in [6.07, 6.45) is -2.52. The fraction of sp³-hybridized carbons (Fsp3) is 0.400. The summed E-state index contributed by atoms with van der Waals surface area (Å²) in [5, 5.41) is 0. The van der Waals surface area contributed by atoms with Crippen LogP contribution in [0.5, 0.6) is 11.5 Å². The van der Waals surface area contributed by atoms with E-state index in [4.69, 9.17) is 21.1 Å². The van der Waals surface area contributed by atoms with E-state index in [-0.39, 0.29) is 11.6 Å². The van der Waals surface area contributed by atoms with Crippen LogP contribution in [-0.4, -0.2) is 20.1 Å². The summed E-state index contributed by atoms with van der Waals surface area (Å²) in [6, 6.07) is 5.07. The van der Waals surface area contributed by atoms with Crippen LogP contribution in [-0.2, 0) is 5.88 Å². The van der Waals surface area contributed by atoms with Gasteiger partial charge in [0.2, 0.25) is 0 Å². The first-order chi connectivity index (χ1) is 7.19. The van der Waals surface area contributed by atoms with Gasteiger partial charge in [-0.15, -0.1) is 11.6 Å². The monoisotopic (exact) mass is 236 g/mol. The van der Waals surface area contributed by atoms with Crippen molar-refractivity contribution < 1.29 is 18.3 Å². The lowest BCUT2D eigenvalue weighted by Crippen LogP contribution is -2.09. The molecule has 0 bridgehead atoms. The molecule has 1 rings (SSSR count). The molecule has 0 unspecified atom stereocenters. The Hall–Kier alpha value is -1.03. The topological polar surface area (TPSA) is 18.5 Å². The van der Waals surface area contributed by atoms with Crippen LogP contribution in [0.25, 0.3) is 0 Å². The first-order valence-corrected chi connectivity index (χ1v) is 4.85. The van der Waals surface area contributed by atoms with Crippen LogP contribution >= 0.6 is 11.6 Å². The van der Waals surface area contributed by atoms with Gasteiger partial charge in [-0.3, -0.25) is 0 Å². The van der Waals surface area contributed by atoms with E-state index < -0.39 is 13.0 Å². The maximum absolute atomic E-state index is 12.0. The molecular formula is C10H11ClF2O2. The molecule has 0 amide bonds. The van der Waals surface area contributed by atoms with E-state index in [1.54, 1.807) is 18.2 Å². The van der Waals surface area contributed by atoms with Crippen molar-refractivity contribution in [1.29, 1.82) is 0 Å². The van der Waals surface area contributed by atoms with E-state index in [1.807, 2.05) is 0 Å². The molecule has 0 aliphatic carbocycles. The summed E-state index contributed by atoms with van der Waals surface area (Å²) in [6.45, 7) is -0.662. The van der Waals surface area contributed by atoms with Gasteiger partial charge in [-0.25, -0.2) is 8.78 Å². The summed E-state index contributed by atoms with van der Waals surface area (Å²) >= 11 is 5.65. The Balaban J connectivity index is 2.89. The Bertz CT molecular complexity index is 296. The summed E-state index contributed by atoms with van der Waals surface area (Å²) < 4.78 is 33.9. The minimum Gasteiger partial charge on any atom is -0.493 e. The molecule has 15 heavy (non-hydrogen) atoms. The minimum absolute atomic E-state index is 0.190. The average Bonchev–Trinajstić information content (AvgIpc) is 2.25. The van der Waals surface area contributed by atoms with Gasteiger partial charge in [-0.05, 0) is 6.07 Å². The van der Waals surface area contributed by atoms with Crippen molar-refractivity contribution in [3.05, 3.63) is 23.8 Å². The second-order valence-electron chi connectivity index (χ2n) is 2.78. The largest absolute Gasteiger partial charge is 0.493 e. The normalized spacial score (nSPS) is 10.5. The van der Waals surface area contributed by atoms with Crippen LogP contribution in [0.3, 0.4) is 0 Å². The predicted molar refractivity (Wildman–Crippen MR) is 54.1 cm³/mol. The molecule has 0 aromatic heterocycles. The lowest BCUT2D eigenvalue weighted by Gasteiger charge is -2.13. The van der Waals surface area contributed by atoms with E-state index in [0.29, 0.717) is 11.3 Å². The van der Waals surface area contributed by atoms with E-state index >= 15 is 0 Å². The van der Waals surface area contributed by atoms with E-state index in [1.165, 1.54) is 7.11 Å². The SMILES string of the molecule is COc1cccc(CCl)c1OCC(F)F. The van der Waals surface area contributed by atoms with Crippen LogP contribution in [0, 0.1) is 0 Å². The van der Waals surface area contributed by atoms with Gasteiger partial charge in [0, 0.05) is 5.56 Å². The molecule has 0 aliphatic rings. The van der Waals surface area contributed by atoms with Crippen molar-refractivity contribution in [1.82, 2.24) is 0 Å². The molecule has 0 N–H and O–H groups in total. The molecule has 0 radical (unpaired) electrons. The van der Waals surface area contributed by atoms with Crippen molar-refractivity contribution in [2.75, 3.05) is 13.7 Å². The molecular weight excluding hydrogens is 226 g/mol. The highest BCUT2D eigenvalue weighted by Gasteiger charge is 2.12. The van der Waals surface area contributed by atoms with Gasteiger partial charge in [0.15, 0.2) is 11.5 Å². The number of hydrogen-bond donors (Lipinski definition) is 0. The molecule has 5 heteroatoms. The van der Waals surface area contributed by atoms with E-state index in [2.05, 4.69) is 0 Å². The number of rotatable bonds is 5. The molecule has 0 spiro atoms. The summed E-state index contributed by atoms with van der Waals surface area (Å²) in [7, 11) is 1.45. The highest BCUT2D eigenvalue weighted by molar-refractivity contribution is 6.17. The number of halogens is 3. The van der Waals surface area contributed by atoms with Crippen molar-refractivity contribution in [2.45, 2.75) is 12.3 Å². The number of ether oxygens (including phenoxy) is 2. The Morgan fingerprint density at radius 3 is 2.67 bits per heavy atom. The fourth-order valence-electron chi connectivity index (χ4n) is 1.14. The molecule has 0 atom stereocenters. The molecule has 0 fully saturated rings. The lowest BCUT2D eigenvalue weighted by atomic mass is 10.2. The zero-order valence-corrected chi connectivity index (χ0v) is 8.93. The van der Waals surface area contributed by atoms with Gasteiger partial charge in [0.05, 0.1) is 13.0 Å². The second kappa shape index (κ2) is 5.75. The van der Waals surface area contributed by atoms with Gasteiger partial charge in [-0.2, -0.15) is 0 Å². The number of methoxy groups -OCH3 is 1. The van der Waals surface area contributed by atoms with Crippen molar-refractivity contribution in [3.63, 3.8) is 0 Å². The van der Waals surface area contributed by atoms with Gasteiger partial charge in [-0.1, -0.05) is 12.1 Å². The van der Waals surface area contributed by atoms with E-state index in [9.17, 15) is 8.78 Å². The van der Waals surface area contributed by atoms with E-state index in [0.717, 1.165) is 0 Å². The predicted octanol–water partition coefficient (Wildman–Crippen LogP) is 3.08. The third-order valence-electron chi connectivity index (χ3n) is 1.78. The van der Waals surface area contributed by atoms with Crippen LogP contribution in [0.15, 0.2) is 18.2 Å². The Labute approximate surface area is 91.8 Å². The molecule has 2 nitrogen and oxygen atoms in total. The molecule has 0 saturated carbocycles. The average molecular weight is 237 g/mol. The van der Waals surface area contributed by atoms with Crippen molar-refractivity contribution in [2.24, 2.45) is 0 Å². The second-order valence-corrected chi connectivity index (χ2v) is 3.05. The van der Waals surface area contributed by atoms with Crippen molar-refractivity contribution >= 4 is 11.6 Å². The number of alkyl halides is 3. The van der Waals surface area contributed by atoms with Crippen LogP contribution in [0.2, 0.25) is 0 Å². The summed E-state index contributed by atoms with van der Waals surface area (Å²) in [5.74, 6) is 0.888. The highest BCUT2D eigenvalue weighted by atomic mass is 35.5. The zero-order valence-electron chi connectivity index (χ0n) is 8.17. The molecule has 0 aliphatic heterocycles. The quantitative estimate of drug-likeness (QED) is 0.732. The number of benzene rings is 1. The smallest absolute Gasteiger partial charge is 0.272 e. The highest BCUT2D eigenvalue weighted by Crippen LogP contribution is 2.32. The maximum atomic E-state index is 12.0. The van der Waals surface area contributed by atoms with Crippen LogP contribution < -0.4 is 9.47 Å². The standard InChI is InChI=1S/C10H11ClF2O2/c1-14-8-4-2-3-7(5-11)10(8)15-6-9(12)13/h2-4,9H,5-6H2,1H3. The van der Waals surface area contributed by atoms with Crippen molar-refractivity contribution in [3.8, 4) is 11.5 Å². The third-order valence-corrected chi connectivity index (χ3v) is 2.07. The summed E-state index contributed by atoms with van der Waals surface area (Å²) in [4.78, 5) is 0. The molecule has 1 aromatic rings. The van der Waals surface area contributed by atoms with Gasteiger partial charge >= 0.3 is 0 Å². The fourth-order valence-corrected chi connectivity index (χ4v) is 1.35. The lowest BCUT2D eigenvalue weighted by molar-refractivity contribution is 0.0800. The third kappa shape index (κ3) is 3.23. The Morgan fingerprint density at radius 2 is 2.13 bits per heavy atom. The zero-order chi connectivity index (χ0) is 11.3. The van der Waals surface area contributed by atoms with Gasteiger partial charge < -0.3 is 9.47 Å². The van der Waals surface area contributed by atoms with Crippen LogP contribution in [0.1, 0.15) is 5.56 Å². The molecule has 0 heterocycles. The molecule has 1 aromatic carbocycles. The number of hydrogen-bond acceptors (Lipinski definition) is 2. The van der Waals surface area contributed by atoms with Gasteiger partial charge in [0.25, 0.3) is 6.43 Å². The summed E-state index contributed by atoms with van der Waals surface area (Å²) in [5.41, 5.74) is 0.636. The first kappa shape index (κ1) is 12.0. The first-order valence-electron chi connectivity index (χ1n) is 4.31. The Kier molecular flexibility index (Phi) is 4.62. The minimum atomic E-state index is -2.52. The molecule has 0 saturated heterocycles.